The highest BCUT2D eigenvalue weighted by Crippen LogP contribution is 2.38. The Hall–Kier alpha value is -2.77. The van der Waals surface area contributed by atoms with Crippen molar-refractivity contribution in [2.75, 3.05) is 25.1 Å². The number of anilines is 1. The molecule has 8 nitrogen and oxygen atoms in total. The number of ether oxygens (including phenoxy) is 3. The lowest BCUT2D eigenvalue weighted by Gasteiger charge is -2.13. The molecule has 0 radical (unpaired) electrons. The van der Waals surface area contributed by atoms with Gasteiger partial charge < -0.3 is 19.5 Å². The minimum absolute atomic E-state index is 0.127. The van der Waals surface area contributed by atoms with Crippen LogP contribution in [-0.4, -0.2) is 37.7 Å². The van der Waals surface area contributed by atoms with Gasteiger partial charge in [-0.15, -0.1) is 0 Å². The van der Waals surface area contributed by atoms with Gasteiger partial charge in [-0.2, -0.15) is 0 Å². The molecule has 1 aliphatic carbocycles. The summed E-state index contributed by atoms with van der Waals surface area (Å²) in [6.07, 6.45) is 0.779. The van der Waals surface area contributed by atoms with Crippen molar-refractivity contribution in [3.8, 4) is 11.5 Å². The summed E-state index contributed by atoms with van der Waals surface area (Å²) in [5.74, 6) is 0.134. The van der Waals surface area contributed by atoms with E-state index in [9.17, 15) is 14.4 Å². The maximum atomic E-state index is 11.9. The largest absolute Gasteiger partial charge is 0.490 e. The zero-order chi connectivity index (χ0) is 19.1. The van der Waals surface area contributed by atoms with Crippen LogP contribution >= 0.6 is 0 Å². The first kappa shape index (κ1) is 19.6. The lowest BCUT2D eigenvalue weighted by Crippen LogP contribution is -2.37. The third-order valence-corrected chi connectivity index (χ3v) is 3.81. The second-order valence-electron chi connectivity index (χ2n) is 5.96. The highest BCUT2D eigenvalue weighted by atomic mass is 16.5. The minimum Gasteiger partial charge on any atom is -0.490 e. The Morgan fingerprint density at radius 2 is 1.77 bits per heavy atom. The van der Waals surface area contributed by atoms with Gasteiger partial charge in [-0.05, 0) is 38.3 Å². The number of nitrogens with one attached hydrogen (secondary N) is 2. The third-order valence-electron chi connectivity index (χ3n) is 3.81. The Balaban J connectivity index is 1.83. The predicted molar refractivity (Wildman–Crippen MR) is 94.2 cm³/mol. The van der Waals surface area contributed by atoms with Gasteiger partial charge in [0.25, 0.3) is 5.91 Å². The van der Waals surface area contributed by atoms with Crippen LogP contribution in [0.4, 0.5) is 10.5 Å². The van der Waals surface area contributed by atoms with Crippen LogP contribution in [-0.2, 0) is 14.3 Å². The first-order chi connectivity index (χ1) is 12.4. The molecule has 1 saturated carbocycles. The van der Waals surface area contributed by atoms with Gasteiger partial charge in [0.1, 0.15) is 0 Å². The van der Waals surface area contributed by atoms with Gasteiger partial charge in [0.05, 0.1) is 19.1 Å². The molecule has 0 saturated heterocycles. The summed E-state index contributed by atoms with van der Waals surface area (Å²) < 4.78 is 15.8. The molecular weight excluding hydrogens is 340 g/mol. The van der Waals surface area contributed by atoms with Gasteiger partial charge in [0.2, 0.25) is 0 Å². The lowest BCUT2D eigenvalue weighted by atomic mass is 10.2. The molecule has 1 aliphatic rings. The van der Waals surface area contributed by atoms with Gasteiger partial charge in [0.15, 0.2) is 18.1 Å². The smallest absolute Gasteiger partial charge is 0.325 e. The number of esters is 1. The van der Waals surface area contributed by atoms with E-state index in [4.69, 9.17) is 14.2 Å². The molecule has 2 N–H and O–H groups in total. The van der Waals surface area contributed by atoms with Crippen LogP contribution in [0.15, 0.2) is 18.2 Å². The van der Waals surface area contributed by atoms with Crippen molar-refractivity contribution in [2.45, 2.75) is 27.2 Å². The Morgan fingerprint density at radius 1 is 1.12 bits per heavy atom. The van der Waals surface area contributed by atoms with E-state index in [-0.39, 0.29) is 5.92 Å². The maximum absolute atomic E-state index is 11.9. The average Bonchev–Trinajstić information content (AvgIpc) is 3.32. The molecule has 3 amide bonds. The molecule has 2 atom stereocenters. The van der Waals surface area contributed by atoms with E-state index >= 15 is 0 Å². The molecule has 0 bridgehead atoms. The SMILES string of the molecule is CCOc1ccc(NC(=O)NC(=O)COC(=O)[C@H]2C[C@@H]2C)cc1OCC. The first-order valence-electron chi connectivity index (χ1n) is 8.61. The molecule has 2 rings (SSSR count). The fourth-order valence-corrected chi connectivity index (χ4v) is 2.35. The zero-order valence-corrected chi connectivity index (χ0v) is 15.2. The fourth-order valence-electron chi connectivity index (χ4n) is 2.35. The summed E-state index contributed by atoms with van der Waals surface area (Å²) in [6.45, 7) is 6.08. The predicted octanol–water partition coefficient (Wildman–Crippen LogP) is 2.33. The topological polar surface area (TPSA) is 103 Å². The number of imide groups is 1. The van der Waals surface area contributed by atoms with Crippen LogP contribution in [0.2, 0.25) is 0 Å². The number of carbonyl (C=O) groups excluding carboxylic acids is 3. The van der Waals surface area contributed by atoms with Gasteiger partial charge in [-0.25, -0.2) is 4.79 Å². The Labute approximate surface area is 152 Å². The molecule has 142 valence electrons. The average molecular weight is 364 g/mol. The summed E-state index contributed by atoms with van der Waals surface area (Å²) in [5.41, 5.74) is 0.436. The highest BCUT2D eigenvalue weighted by Gasteiger charge is 2.40. The molecule has 26 heavy (non-hydrogen) atoms. The molecule has 0 aromatic heterocycles. The monoisotopic (exact) mass is 364 g/mol. The number of benzene rings is 1. The summed E-state index contributed by atoms with van der Waals surface area (Å²) in [7, 11) is 0. The van der Waals surface area contributed by atoms with Crippen molar-refractivity contribution < 1.29 is 28.6 Å². The van der Waals surface area contributed by atoms with Gasteiger partial charge in [0, 0.05) is 11.8 Å². The zero-order valence-electron chi connectivity index (χ0n) is 15.2. The number of rotatable bonds is 8. The normalized spacial score (nSPS) is 17.8. The van der Waals surface area contributed by atoms with E-state index in [0.29, 0.717) is 36.3 Å². The molecule has 8 heteroatoms. The van der Waals surface area contributed by atoms with E-state index in [1.165, 1.54) is 0 Å². The van der Waals surface area contributed by atoms with Gasteiger partial charge in [-0.3, -0.25) is 14.9 Å². The number of urea groups is 1. The number of amides is 3. The van der Waals surface area contributed by atoms with E-state index < -0.39 is 24.5 Å². The number of carbonyl (C=O) groups is 3. The standard InChI is InChI=1S/C18H24N2O6/c1-4-24-14-7-6-12(9-15(14)25-5-2)19-18(23)20-16(21)10-26-17(22)13-8-11(13)3/h6-7,9,11,13H,4-5,8,10H2,1-3H3,(H2,19,20,21,23)/t11-,13-/m0/s1. The van der Waals surface area contributed by atoms with Crippen molar-refractivity contribution in [1.82, 2.24) is 5.32 Å². The highest BCUT2D eigenvalue weighted by molar-refractivity contribution is 6.02. The molecule has 1 aromatic carbocycles. The van der Waals surface area contributed by atoms with Crippen LogP contribution in [0.1, 0.15) is 27.2 Å². The molecule has 1 aromatic rings. The van der Waals surface area contributed by atoms with Gasteiger partial charge in [-0.1, -0.05) is 6.92 Å². The minimum atomic E-state index is -0.725. The molecular formula is C18H24N2O6. The summed E-state index contributed by atoms with van der Waals surface area (Å²) in [4.78, 5) is 35.1. The molecule has 1 fully saturated rings. The van der Waals surface area contributed by atoms with Crippen LogP contribution < -0.4 is 20.1 Å². The molecule has 0 unspecified atom stereocenters. The van der Waals surface area contributed by atoms with Crippen LogP contribution in [0.25, 0.3) is 0 Å². The number of hydrogen-bond donors (Lipinski definition) is 2. The summed E-state index contributed by atoms with van der Waals surface area (Å²) >= 11 is 0. The van der Waals surface area contributed by atoms with Crippen LogP contribution in [0.5, 0.6) is 11.5 Å². The Morgan fingerprint density at radius 3 is 2.38 bits per heavy atom. The van der Waals surface area contributed by atoms with Gasteiger partial charge >= 0.3 is 12.0 Å². The summed E-state index contributed by atoms with van der Waals surface area (Å²) in [6, 6.07) is 4.18. The Bertz CT molecular complexity index is 676. The van der Waals surface area contributed by atoms with E-state index in [2.05, 4.69) is 10.6 Å². The molecule has 0 spiro atoms. The van der Waals surface area contributed by atoms with Crippen molar-refractivity contribution in [3.63, 3.8) is 0 Å². The van der Waals surface area contributed by atoms with Crippen LogP contribution in [0, 0.1) is 11.8 Å². The van der Waals surface area contributed by atoms with Crippen molar-refractivity contribution >= 4 is 23.6 Å². The van der Waals surface area contributed by atoms with Crippen molar-refractivity contribution in [2.24, 2.45) is 11.8 Å². The van der Waals surface area contributed by atoms with Crippen LogP contribution in [0.3, 0.4) is 0 Å². The van der Waals surface area contributed by atoms with E-state index in [0.717, 1.165) is 6.42 Å². The van der Waals surface area contributed by atoms with E-state index in [1.54, 1.807) is 18.2 Å². The Kier molecular flexibility index (Phi) is 6.82. The first-order valence-corrected chi connectivity index (χ1v) is 8.61. The number of hydrogen-bond acceptors (Lipinski definition) is 6. The quantitative estimate of drug-likeness (QED) is 0.686. The second kappa shape index (κ2) is 9.07. The third kappa shape index (κ3) is 5.65. The maximum Gasteiger partial charge on any atom is 0.325 e. The fraction of sp³-hybridized carbons (Fsp3) is 0.500. The summed E-state index contributed by atoms with van der Waals surface area (Å²) in [5, 5.41) is 4.63. The lowest BCUT2D eigenvalue weighted by molar-refractivity contribution is -0.149. The second-order valence-corrected chi connectivity index (χ2v) is 5.96. The van der Waals surface area contributed by atoms with E-state index in [1.807, 2.05) is 20.8 Å². The van der Waals surface area contributed by atoms with Crippen molar-refractivity contribution in [1.29, 1.82) is 0 Å². The molecule has 0 heterocycles. The van der Waals surface area contributed by atoms with Crippen molar-refractivity contribution in [3.05, 3.63) is 18.2 Å². The molecule has 0 aliphatic heterocycles.